The van der Waals surface area contributed by atoms with E-state index >= 15 is 0 Å². The van der Waals surface area contributed by atoms with Crippen LogP contribution in [0.15, 0.2) is 12.1 Å². The van der Waals surface area contributed by atoms with Crippen molar-refractivity contribution in [2.24, 2.45) is 5.73 Å². The molecule has 0 amide bonds. The number of rotatable bonds is 4. The summed E-state index contributed by atoms with van der Waals surface area (Å²) in [7, 11) is 4.43. The molecule has 0 spiro atoms. The largest absolute Gasteiger partial charge is 0.493 e. The quantitative estimate of drug-likeness (QED) is 0.820. The molecule has 0 heterocycles. The van der Waals surface area contributed by atoms with Gasteiger partial charge in [0.2, 0.25) is 0 Å². The zero-order chi connectivity index (χ0) is 13.3. The van der Waals surface area contributed by atoms with Gasteiger partial charge in [0.1, 0.15) is 0 Å². The minimum atomic E-state index is -0.415. The Morgan fingerprint density at radius 3 is 2.33 bits per heavy atom. The molecular formula is C13H17NO4. The highest BCUT2D eigenvalue weighted by Gasteiger charge is 2.43. The first kappa shape index (κ1) is 12.7. The third kappa shape index (κ3) is 2.01. The molecule has 98 valence electrons. The summed E-state index contributed by atoms with van der Waals surface area (Å²) in [6.07, 6.45) is 1.74. The van der Waals surface area contributed by atoms with Crippen LogP contribution in [0.4, 0.5) is 0 Å². The van der Waals surface area contributed by atoms with E-state index in [0.29, 0.717) is 17.1 Å². The number of carbonyl (C=O) groups is 1. The molecule has 1 aliphatic carbocycles. The summed E-state index contributed by atoms with van der Waals surface area (Å²) in [4.78, 5) is 11.6. The molecule has 0 bridgehead atoms. The van der Waals surface area contributed by atoms with Crippen LogP contribution in [-0.2, 0) is 10.3 Å². The van der Waals surface area contributed by atoms with Crippen molar-refractivity contribution < 1.29 is 19.0 Å². The van der Waals surface area contributed by atoms with Crippen LogP contribution in [0.2, 0.25) is 0 Å². The van der Waals surface area contributed by atoms with Crippen molar-refractivity contribution in [3.8, 4) is 11.5 Å². The molecule has 2 N–H and O–H groups in total. The van der Waals surface area contributed by atoms with Gasteiger partial charge in [0.15, 0.2) is 11.5 Å². The number of nitrogens with two attached hydrogens (primary N) is 1. The summed E-state index contributed by atoms with van der Waals surface area (Å²) < 4.78 is 15.3. The first-order valence-corrected chi connectivity index (χ1v) is 5.69. The van der Waals surface area contributed by atoms with Gasteiger partial charge in [-0.15, -0.1) is 0 Å². The second kappa shape index (κ2) is 4.49. The van der Waals surface area contributed by atoms with Gasteiger partial charge < -0.3 is 19.9 Å². The number of esters is 1. The fraction of sp³-hybridized carbons (Fsp3) is 0.462. The molecule has 1 aromatic carbocycles. The Hall–Kier alpha value is -1.75. The summed E-state index contributed by atoms with van der Waals surface area (Å²) >= 11 is 0. The maximum Gasteiger partial charge on any atom is 0.337 e. The van der Waals surface area contributed by atoms with E-state index in [-0.39, 0.29) is 0 Å². The van der Waals surface area contributed by atoms with Gasteiger partial charge in [-0.05, 0) is 25.0 Å². The Kier molecular flexibility index (Phi) is 3.17. The Morgan fingerprint density at radius 1 is 1.22 bits per heavy atom. The van der Waals surface area contributed by atoms with Gasteiger partial charge in [0, 0.05) is 11.1 Å². The second-order valence-corrected chi connectivity index (χ2v) is 4.41. The molecule has 5 nitrogen and oxygen atoms in total. The normalized spacial score (nSPS) is 16.0. The van der Waals surface area contributed by atoms with Gasteiger partial charge in [-0.25, -0.2) is 4.79 Å². The van der Waals surface area contributed by atoms with Crippen LogP contribution in [0.3, 0.4) is 0 Å². The predicted octanol–water partition coefficient (Wildman–Crippen LogP) is 1.44. The monoisotopic (exact) mass is 251 g/mol. The summed E-state index contributed by atoms with van der Waals surface area (Å²) in [5.74, 6) is 0.665. The minimum Gasteiger partial charge on any atom is -0.493 e. The molecule has 0 saturated heterocycles. The lowest BCUT2D eigenvalue weighted by Crippen LogP contribution is -2.21. The third-order valence-corrected chi connectivity index (χ3v) is 3.23. The zero-order valence-corrected chi connectivity index (χ0v) is 10.8. The van der Waals surface area contributed by atoms with Crippen LogP contribution in [-0.4, -0.2) is 27.3 Å². The van der Waals surface area contributed by atoms with E-state index in [1.807, 2.05) is 0 Å². The van der Waals surface area contributed by atoms with Crippen molar-refractivity contribution in [3.05, 3.63) is 23.3 Å². The smallest absolute Gasteiger partial charge is 0.337 e. The summed E-state index contributed by atoms with van der Waals surface area (Å²) in [6, 6.07) is 3.32. The molecule has 0 aromatic heterocycles. The van der Waals surface area contributed by atoms with Crippen LogP contribution in [0.5, 0.6) is 11.5 Å². The lowest BCUT2D eigenvalue weighted by Gasteiger charge is -2.18. The van der Waals surface area contributed by atoms with Crippen molar-refractivity contribution >= 4 is 5.97 Å². The van der Waals surface area contributed by atoms with Gasteiger partial charge in [0.05, 0.1) is 26.9 Å². The van der Waals surface area contributed by atoms with Crippen LogP contribution >= 0.6 is 0 Å². The molecule has 0 atom stereocenters. The predicted molar refractivity (Wildman–Crippen MR) is 66.0 cm³/mol. The van der Waals surface area contributed by atoms with Gasteiger partial charge in [-0.3, -0.25) is 0 Å². The molecule has 0 unspecified atom stereocenters. The number of hydrogen-bond donors (Lipinski definition) is 1. The molecule has 0 radical (unpaired) electrons. The molecule has 0 aliphatic heterocycles. The topological polar surface area (TPSA) is 70.8 Å². The van der Waals surface area contributed by atoms with E-state index in [9.17, 15) is 4.79 Å². The standard InChI is InChI=1S/C13H17NO4/c1-16-10-7-8(12(15)18-3)6-9(11(10)17-2)13(14)4-5-13/h6-7H,4-5,14H2,1-3H3. The lowest BCUT2D eigenvalue weighted by molar-refractivity contribution is 0.0600. The summed E-state index contributed by atoms with van der Waals surface area (Å²) in [5.41, 5.74) is 6.99. The number of hydrogen-bond acceptors (Lipinski definition) is 5. The van der Waals surface area contributed by atoms with Gasteiger partial charge >= 0.3 is 5.97 Å². The highest BCUT2D eigenvalue weighted by molar-refractivity contribution is 5.90. The summed E-state index contributed by atoms with van der Waals surface area (Å²) in [5, 5.41) is 0. The maximum atomic E-state index is 11.6. The van der Waals surface area contributed by atoms with Crippen LogP contribution < -0.4 is 15.2 Å². The Morgan fingerprint density at radius 2 is 1.89 bits per heavy atom. The fourth-order valence-corrected chi connectivity index (χ4v) is 1.97. The number of ether oxygens (including phenoxy) is 3. The molecule has 2 rings (SSSR count). The van der Waals surface area contributed by atoms with E-state index < -0.39 is 11.5 Å². The van der Waals surface area contributed by atoms with E-state index in [0.717, 1.165) is 18.4 Å². The zero-order valence-electron chi connectivity index (χ0n) is 10.8. The highest BCUT2D eigenvalue weighted by Crippen LogP contribution is 2.49. The van der Waals surface area contributed by atoms with Crippen molar-refractivity contribution in [1.82, 2.24) is 0 Å². The SMILES string of the molecule is COC(=O)c1cc(OC)c(OC)c(C2(N)CC2)c1. The van der Waals surface area contributed by atoms with Crippen molar-refractivity contribution in [2.45, 2.75) is 18.4 Å². The van der Waals surface area contributed by atoms with Crippen LogP contribution in [0.1, 0.15) is 28.8 Å². The molecule has 1 fully saturated rings. The van der Waals surface area contributed by atoms with Crippen LogP contribution in [0, 0.1) is 0 Å². The Labute approximate surface area is 106 Å². The highest BCUT2D eigenvalue weighted by atomic mass is 16.5. The first-order chi connectivity index (χ1) is 8.55. The first-order valence-electron chi connectivity index (χ1n) is 5.69. The molecular weight excluding hydrogens is 234 g/mol. The van der Waals surface area contributed by atoms with Gasteiger partial charge in [-0.2, -0.15) is 0 Å². The van der Waals surface area contributed by atoms with Crippen molar-refractivity contribution in [2.75, 3.05) is 21.3 Å². The van der Waals surface area contributed by atoms with E-state index in [1.54, 1.807) is 19.2 Å². The van der Waals surface area contributed by atoms with Crippen LogP contribution in [0.25, 0.3) is 0 Å². The maximum absolute atomic E-state index is 11.6. The number of methoxy groups -OCH3 is 3. The van der Waals surface area contributed by atoms with Gasteiger partial charge in [0.25, 0.3) is 0 Å². The fourth-order valence-electron chi connectivity index (χ4n) is 1.97. The molecule has 1 aromatic rings. The molecule has 5 heteroatoms. The number of carbonyl (C=O) groups excluding carboxylic acids is 1. The second-order valence-electron chi connectivity index (χ2n) is 4.41. The van der Waals surface area contributed by atoms with Gasteiger partial charge in [-0.1, -0.05) is 0 Å². The Bertz CT molecular complexity index is 480. The van der Waals surface area contributed by atoms with E-state index in [1.165, 1.54) is 14.2 Å². The van der Waals surface area contributed by atoms with Crippen molar-refractivity contribution in [3.63, 3.8) is 0 Å². The van der Waals surface area contributed by atoms with E-state index in [4.69, 9.17) is 19.9 Å². The molecule has 1 saturated carbocycles. The average Bonchev–Trinajstić information content (AvgIpc) is 3.15. The minimum absolute atomic E-state index is 0.414. The summed E-state index contributed by atoms with van der Waals surface area (Å²) in [6.45, 7) is 0. The number of benzene rings is 1. The lowest BCUT2D eigenvalue weighted by atomic mass is 10.0. The average molecular weight is 251 g/mol. The third-order valence-electron chi connectivity index (χ3n) is 3.23. The van der Waals surface area contributed by atoms with Crippen molar-refractivity contribution in [1.29, 1.82) is 0 Å². The molecule has 1 aliphatic rings. The Balaban J connectivity index is 2.57. The molecule has 18 heavy (non-hydrogen) atoms. The van der Waals surface area contributed by atoms with E-state index in [2.05, 4.69) is 0 Å².